The molecule has 120 valence electrons. The second-order valence-electron chi connectivity index (χ2n) is 4.88. The summed E-state index contributed by atoms with van der Waals surface area (Å²) >= 11 is 3.10. The molecule has 23 heavy (non-hydrogen) atoms. The van der Waals surface area contributed by atoms with Gasteiger partial charge in [-0.3, -0.25) is 14.9 Å². The van der Waals surface area contributed by atoms with Crippen molar-refractivity contribution in [2.75, 3.05) is 11.9 Å². The maximum atomic E-state index is 11.9. The lowest BCUT2D eigenvalue weighted by Crippen LogP contribution is -2.21. The molecule has 0 saturated heterocycles. The normalized spacial score (nSPS) is 10.2. The van der Waals surface area contributed by atoms with E-state index in [-0.39, 0.29) is 18.1 Å². The van der Waals surface area contributed by atoms with Gasteiger partial charge in [0.1, 0.15) is 5.75 Å². The molecule has 0 aliphatic carbocycles. The van der Waals surface area contributed by atoms with Crippen LogP contribution >= 0.6 is 15.9 Å². The summed E-state index contributed by atoms with van der Waals surface area (Å²) in [7, 11) is 0. The van der Waals surface area contributed by atoms with Gasteiger partial charge in [-0.1, -0.05) is 17.7 Å². The molecule has 1 heterocycles. The Bertz CT molecular complexity index is 764. The van der Waals surface area contributed by atoms with Crippen LogP contribution in [0.2, 0.25) is 0 Å². The molecule has 8 heteroatoms. The van der Waals surface area contributed by atoms with Crippen LogP contribution < -0.4 is 10.1 Å². The second kappa shape index (κ2) is 7.19. The Balaban J connectivity index is 2.04. The molecule has 7 nitrogen and oxygen atoms in total. The summed E-state index contributed by atoms with van der Waals surface area (Å²) in [6.45, 7) is 3.57. The van der Waals surface area contributed by atoms with Crippen LogP contribution in [0.5, 0.6) is 5.75 Å². The van der Waals surface area contributed by atoms with E-state index in [0.29, 0.717) is 10.2 Å². The van der Waals surface area contributed by atoms with Gasteiger partial charge < -0.3 is 10.1 Å². The first-order valence-corrected chi connectivity index (χ1v) is 7.46. The average molecular weight is 380 g/mol. The number of aromatic nitrogens is 1. The Kier molecular flexibility index (Phi) is 5.28. The van der Waals surface area contributed by atoms with Crippen molar-refractivity contribution in [2.24, 2.45) is 0 Å². The van der Waals surface area contributed by atoms with Crippen LogP contribution in [0.15, 0.2) is 34.9 Å². The molecule has 0 saturated carbocycles. The summed E-state index contributed by atoms with van der Waals surface area (Å²) in [4.78, 5) is 26.1. The van der Waals surface area contributed by atoms with Crippen molar-refractivity contribution in [1.29, 1.82) is 0 Å². The molecule has 0 unspecified atom stereocenters. The van der Waals surface area contributed by atoms with Gasteiger partial charge in [-0.15, -0.1) is 0 Å². The molecule has 0 aliphatic rings. The lowest BCUT2D eigenvalue weighted by atomic mass is 10.1. The summed E-state index contributed by atoms with van der Waals surface area (Å²) in [5, 5.41) is 13.4. The molecule has 1 aromatic heterocycles. The van der Waals surface area contributed by atoms with Crippen LogP contribution in [0.3, 0.4) is 0 Å². The lowest BCUT2D eigenvalue weighted by molar-refractivity contribution is -0.384. The Labute approximate surface area is 141 Å². The fraction of sp³-hybridized carbons (Fsp3) is 0.200. The van der Waals surface area contributed by atoms with Crippen molar-refractivity contribution in [3.8, 4) is 5.75 Å². The van der Waals surface area contributed by atoms with Crippen molar-refractivity contribution in [2.45, 2.75) is 13.8 Å². The number of carbonyl (C=O) groups is 1. The van der Waals surface area contributed by atoms with E-state index in [2.05, 4.69) is 26.2 Å². The molecule has 1 aromatic carbocycles. The van der Waals surface area contributed by atoms with E-state index in [4.69, 9.17) is 4.74 Å². The van der Waals surface area contributed by atoms with Gasteiger partial charge in [-0.2, -0.15) is 0 Å². The highest BCUT2D eigenvalue weighted by Gasteiger charge is 2.18. The number of aryl methyl sites for hydroxylation is 2. The molecule has 2 rings (SSSR count). The zero-order chi connectivity index (χ0) is 17.0. The highest BCUT2D eigenvalue weighted by Crippen LogP contribution is 2.25. The number of nitrogens with zero attached hydrogens (tertiary/aromatic N) is 2. The predicted molar refractivity (Wildman–Crippen MR) is 88.6 cm³/mol. The smallest absolute Gasteiger partial charge is 0.312 e. The molecule has 0 radical (unpaired) electrons. The van der Waals surface area contributed by atoms with E-state index in [1.807, 2.05) is 26.0 Å². The molecule has 1 N–H and O–H groups in total. The van der Waals surface area contributed by atoms with Crippen LogP contribution in [0.1, 0.15) is 11.1 Å². The zero-order valence-electron chi connectivity index (χ0n) is 12.5. The van der Waals surface area contributed by atoms with Crippen molar-refractivity contribution < 1.29 is 14.5 Å². The minimum Gasteiger partial charge on any atom is -0.483 e. The summed E-state index contributed by atoms with van der Waals surface area (Å²) in [5.41, 5.74) is 1.71. The number of rotatable bonds is 5. The fourth-order valence-corrected chi connectivity index (χ4v) is 2.26. The molecular weight excluding hydrogens is 366 g/mol. The van der Waals surface area contributed by atoms with Crippen LogP contribution in [0, 0.1) is 24.0 Å². The van der Waals surface area contributed by atoms with Crippen LogP contribution in [0.25, 0.3) is 0 Å². The minimum absolute atomic E-state index is 0.118. The molecular formula is C15H14BrN3O4. The maximum absolute atomic E-state index is 11.9. The summed E-state index contributed by atoms with van der Waals surface area (Å²) < 4.78 is 5.88. The third-order valence-corrected chi connectivity index (χ3v) is 3.41. The third kappa shape index (κ3) is 4.49. The van der Waals surface area contributed by atoms with Crippen molar-refractivity contribution in [3.05, 3.63) is 56.2 Å². The first-order valence-electron chi connectivity index (χ1n) is 6.66. The van der Waals surface area contributed by atoms with Gasteiger partial charge in [0.15, 0.2) is 6.61 Å². The number of ether oxygens (including phenoxy) is 1. The Morgan fingerprint density at radius 1 is 1.39 bits per heavy atom. The zero-order valence-corrected chi connectivity index (χ0v) is 14.1. The van der Waals surface area contributed by atoms with E-state index < -0.39 is 10.8 Å². The second-order valence-corrected chi connectivity index (χ2v) is 5.80. The van der Waals surface area contributed by atoms with Gasteiger partial charge in [0.05, 0.1) is 4.92 Å². The van der Waals surface area contributed by atoms with Gasteiger partial charge in [0.25, 0.3) is 5.91 Å². The van der Waals surface area contributed by atoms with Crippen molar-refractivity contribution >= 4 is 33.3 Å². The van der Waals surface area contributed by atoms with Gasteiger partial charge in [0.2, 0.25) is 5.82 Å². The Morgan fingerprint density at radius 3 is 2.78 bits per heavy atom. The van der Waals surface area contributed by atoms with Gasteiger partial charge in [-0.05, 0) is 41.4 Å². The van der Waals surface area contributed by atoms with E-state index in [1.54, 1.807) is 6.07 Å². The lowest BCUT2D eigenvalue weighted by Gasteiger charge is -2.10. The highest BCUT2D eigenvalue weighted by molar-refractivity contribution is 9.10. The standard InChI is InChI=1S/C15H14BrN3O4/c1-9-3-4-13(10(2)5-9)23-8-14(20)18-15-12(19(21)22)6-11(16)7-17-15/h3-7H,8H2,1-2H3,(H,17,18,20). The third-order valence-electron chi connectivity index (χ3n) is 2.98. The molecule has 2 aromatic rings. The molecule has 0 fully saturated rings. The molecule has 1 amide bonds. The van der Waals surface area contributed by atoms with Gasteiger partial charge >= 0.3 is 5.69 Å². The number of nitro groups is 1. The number of hydrogen-bond acceptors (Lipinski definition) is 5. The van der Waals surface area contributed by atoms with E-state index in [1.165, 1.54) is 12.3 Å². The monoisotopic (exact) mass is 379 g/mol. The average Bonchev–Trinajstić information content (AvgIpc) is 2.48. The number of carbonyl (C=O) groups excluding carboxylic acids is 1. The summed E-state index contributed by atoms with van der Waals surface area (Å²) in [6, 6.07) is 6.86. The van der Waals surface area contributed by atoms with Gasteiger partial charge in [-0.25, -0.2) is 4.98 Å². The van der Waals surface area contributed by atoms with E-state index in [0.717, 1.165) is 11.1 Å². The first-order chi connectivity index (χ1) is 10.9. The summed E-state index contributed by atoms with van der Waals surface area (Å²) in [5.74, 6) is -0.0562. The molecule has 0 aliphatic heterocycles. The number of nitrogens with one attached hydrogen (secondary N) is 1. The topological polar surface area (TPSA) is 94.4 Å². The minimum atomic E-state index is -0.613. The first kappa shape index (κ1) is 16.9. The predicted octanol–water partition coefficient (Wildman–Crippen LogP) is 3.39. The van der Waals surface area contributed by atoms with Crippen LogP contribution in [0.4, 0.5) is 11.5 Å². The van der Waals surface area contributed by atoms with E-state index in [9.17, 15) is 14.9 Å². The number of pyridine rings is 1. The summed E-state index contributed by atoms with van der Waals surface area (Å²) in [6.07, 6.45) is 1.37. The molecule has 0 atom stereocenters. The number of hydrogen-bond donors (Lipinski definition) is 1. The number of anilines is 1. The highest BCUT2D eigenvalue weighted by atomic mass is 79.9. The van der Waals surface area contributed by atoms with Crippen molar-refractivity contribution in [3.63, 3.8) is 0 Å². The Hall–Kier alpha value is -2.48. The molecule has 0 bridgehead atoms. The van der Waals surface area contributed by atoms with Crippen molar-refractivity contribution in [1.82, 2.24) is 4.98 Å². The molecule has 0 spiro atoms. The SMILES string of the molecule is Cc1ccc(OCC(=O)Nc2ncc(Br)cc2[N+](=O)[O-])c(C)c1. The number of amides is 1. The quantitative estimate of drug-likeness (QED) is 0.634. The largest absolute Gasteiger partial charge is 0.483 e. The number of benzene rings is 1. The van der Waals surface area contributed by atoms with Crippen LogP contribution in [-0.4, -0.2) is 22.4 Å². The maximum Gasteiger partial charge on any atom is 0.312 e. The van der Waals surface area contributed by atoms with Gasteiger partial charge in [0, 0.05) is 16.7 Å². The van der Waals surface area contributed by atoms with Crippen LogP contribution in [-0.2, 0) is 4.79 Å². The number of halogens is 1. The fourth-order valence-electron chi connectivity index (χ4n) is 1.94. The Morgan fingerprint density at radius 2 is 2.13 bits per heavy atom. The van der Waals surface area contributed by atoms with E-state index >= 15 is 0 Å².